The molecule has 106 valence electrons. The van der Waals surface area contributed by atoms with Crippen molar-refractivity contribution in [2.75, 3.05) is 19.6 Å². The standard InChI is InChI=1S/C17H27NO/c1-17(2,3)15-9-11-18(12-10-15)13-16(19)14-7-5-4-6-8-14/h4-8,15-16,19H,9-13H2,1-3H3. The molecule has 1 heterocycles. The van der Waals surface area contributed by atoms with Crippen LogP contribution in [0.15, 0.2) is 30.3 Å². The molecular formula is C17H27NO. The number of β-amino-alcohol motifs (C(OH)–C–C–N with tert-alkyl or cyclic N) is 1. The fourth-order valence-corrected chi connectivity index (χ4v) is 3.01. The highest BCUT2D eigenvalue weighted by molar-refractivity contribution is 5.17. The van der Waals surface area contributed by atoms with Crippen LogP contribution in [0.3, 0.4) is 0 Å². The lowest BCUT2D eigenvalue weighted by atomic mass is 9.75. The molecule has 1 atom stereocenters. The Morgan fingerprint density at radius 2 is 1.74 bits per heavy atom. The maximum Gasteiger partial charge on any atom is 0.0916 e. The molecule has 1 aliphatic heterocycles. The average Bonchev–Trinajstić information content (AvgIpc) is 2.39. The first-order valence-corrected chi connectivity index (χ1v) is 7.42. The Morgan fingerprint density at radius 3 is 2.26 bits per heavy atom. The van der Waals surface area contributed by atoms with Gasteiger partial charge < -0.3 is 10.0 Å². The SMILES string of the molecule is CC(C)(C)C1CCN(CC(O)c2ccccc2)CC1. The van der Waals surface area contributed by atoms with Gasteiger partial charge >= 0.3 is 0 Å². The van der Waals surface area contributed by atoms with Crippen molar-refractivity contribution >= 4 is 0 Å². The lowest BCUT2D eigenvalue weighted by Gasteiger charge is -2.39. The van der Waals surface area contributed by atoms with Crippen LogP contribution >= 0.6 is 0 Å². The number of hydrogen-bond acceptors (Lipinski definition) is 2. The van der Waals surface area contributed by atoms with Crippen LogP contribution in [0.25, 0.3) is 0 Å². The van der Waals surface area contributed by atoms with Gasteiger partial charge in [0.05, 0.1) is 6.10 Å². The molecule has 2 heteroatoms. The van der Waals surface area contributed by atoms with Crippen LogP contribution in [0.4, 0.5) is 0 Å². The molecular weight excluding hydrogens is 234 g/mol. The fraction of sp³-hybridized carbons (Fsp3) is 0.647. The van der Waals surface area contributed by atoms with E-state index in [9.17, 15) is 5.11 Å². The minimum absolute atomic E-state index is 0.354. The maximum absolute atomic E-state index is 10.3. The minimum atomic E-state index is -0.354. The Hall–Kier alpha value is -0.860. The second-order valence-corrected chi connectivity index (χ2v) is 6.87. The molecule has 0 radical (unpaired) electrons. The zero-order valence-corrected chi connectivity index (χ0v) is 12.5. The van der Waals surface area contributed by atoms with Gasteiger partial charge in [0.15, 0.2) is 0 Å². The molecule has 1 aromatic rings. The topological polar surface area (TPSA) is 23.5 Å². The molecule has 2 rings (SSSR count). The van der Waals surface area contributed by atoms with Gasteiger partial charge in [0.2, 0.25) is 0 Å². The van der Waals surface area contributed by atoms with Crippen molar-refractivity contribution in [1.82, 2.24) is 4.90 Å². The van der Waals surface area contributed by atoms with Crippen molar-refractivity contribution in [3.05, 3.63) is 35.9 Å². The molecule has 1 N–H and O–H groups in total. The quantitative estimate of drug-likeness (QED) is 0.900. The van der Waals surface area contributed by atoms with Crippen molar-refractivity contribution in [2.45, 2.75) is 39.7 Å². The number of rotatable bonds is 3. The lowest BCUT2D eigenvalue weighted by molar-refractivity contribution is 0.0653. The highest BCUT2D eigenvalue weighted by atomic mass is 16.3. The largest absolute Gasteiger partial charge is 0.387 e. The second kappa shape index (κ2) is 6.06. The smallest absolute Gasteiger partial charge is 0.0916 e. The number of hydrogen-bond donors (Lipinski definition) is 1. The summed E-state index contributed by atoms with van der Waals surface area (Å²) in [4.78, 5) is 2.40. The third-order valence-corrected chi connectivity index (χ3v) is 4.43. The van der Waals surface area contributed by atoms with Crippen molar-refractivity contribution in [3.63, 3.8) is 0 Å². The molecule has 0 aliphatic carbocycles. The summed E-state index contributed by atoms with van der Waals surface area (Å²) < 4.78 is 0. The van der Waals surface area contributed by atoms with Crippen molar-refractivity contribution in [2.24, 2.45) is 11.3 Å². The molecule has 1 aliphatic rings. The molecule has 0 amide bonds. The van der Waals surface area contributed by atoms with Gasteiger partial charge in [-0.2, -0.15) is 0 Å². The molecule has 1 aromatic carbocycles. The first kappa shape index (κ1) is 14.5. The summed E-state index contributed by atoms with van der Waals surface area (Å²) in [6.07, 6.45) is 2.16. The molecule has 1 unspecified atom stereocenters. The summed E-state index contributed by atoms with van der Waals surface area (Å²) in [7, 11) is 0. The molecule has 19 heavy (non-hydrogen) atoms. The second-order valence-electron chi connectivity index (χ2n) is 6.87. The normalized spacial score (nSPS) is 20.4. The van der Waals surface area contributed by atoms with E-state index in [1.54, 1.807) is 0 Å². The molecule has 0 aromatic heterocycles. The molecule has 0 spiro atoms. The van der Waals surface area contributed by atoms with Gasteiger partial charge in [-0.05, 0) is 42.8 Å². The first-order chi connectivity index (χ1) is 8.97. The Balaban J connectivity index is 1.83. The average molecular weight is 261 g/mol. The Labute approximate surface area is 117 Å². The highest BCUT2D eigenvalue weighted by Crippen LogP contribution is 2.34. The number of piperidine rings is 1. The van der Waals surface area contributed by atoms with Crippen LogP contribution in [0, 0.1) is 11.3 Å². The van der Waals surface area contributed by atoms with E-state index in [2.05, 4.69) is 25.7 Å². The van der Waals surface area contributed by atoms with E-state index < -0.39 is 0 Å². The van der Waals surface area contributed by atoms with E-state index in [1.807, 2.05) is 30.3 Å². The number of nitrogens with zero attached hydrogens (tertiary/aromatic N) is 1. The fourth-order valence-electron chi connectivity index (χ4n) is 3.01. The Kier molecular flexibility index (Phi) is 4.64. The van der Waals surface area contributed by atoms with E-state index in [0.717, 1.165) is 31.1 Å². The number of benzene rings is 1. The third kappa shape index (κ3) is 4.05. The number of likely N-dealkylation sites (tertiary alicyclic amines) is 1. The molecule has 0 saturated carbocycles. The molecule has 1 saturated heterocycles. The summed E-state index contributed by atoms with van der Waals surface area (Å²) >= 11 is 0. The van der Waals surface area contributed by atoms with E-state index in [4.69, 9.17) is 0 Å². The first-order valence-electron chi connectivity index (χ1n) is 7.42. The van der Waals surface area contributed by atoms with Gasteiger partial charge in [0, 0.05) is 6.54 Å². The molecule has 2 nitrogen and oxygen atoms in total. The number of aliphatic hydroxyl groups excluding tert-OH is 1. The van der Waals surface area contributed by atoms with Crippen LogP contribution in [0.5, 0.6) is 0 Å². The maximum atomic E-state index is 10.3. The van der Waals surface area contributed by atoms with Gasteiger partial charge in [0.25, 0.3) is 0 Å². The van der Waals surface area contributed by atoms with E-state index in [1.165, 1.54) is 12.8 Å². The van der Waals surface area contributed by atoms with E-state index in [-0.39, 0.29) is 6.10 Å². The van der Waals surface area contributed by atoms with Crippen LogP contribution in [0.1, 0.15) is 45.3 Å². The predicted molar refractivity (Wildman–Crippen MR) is 80.0 cm³/mol. The Morgan fingerprint density at radius 1 is 1.16 bits per heavy atom. The van der Waals surface area contributed by atoms with E-state index >= 15 is 0 Å². The van der Waals surface area contributed by atoms with Gasteiger partial charge in [-0.3, -0.25) is 0 Å². The Bertz CT molecular complexity index is 374. The van der Waals surface area contributed by atoms with E-state index in [0.29, 0.717) is 5.41 Å². The summed E-state index contributed by atoms with van der Waals surface area (Å²) in [6, 6.07) is 9.99. The zero-order valence-electron chi connectivity index (χ0n) is 12.5. The zero-order chi connectivity index (χ0) is 13.9. The highest BCUT2D eigenvalue weighted by Gasteiger charge is 2.29. The van der Waals surface area contributed by atoms with Crippen LogP contribution in [0.2, 0.25) is 0 Å². The minimum Gasteiger partial charge on any atom is -0.387 e. The summed E-state index contributed by atoms with van der Waals surface area (Å²) in [6.45, 7) is 10.0. The van der Waals surface area contributed by atoms with Crippen molar-refractivity contribution in [1.29, 1.82) is 0 Å². The van der Waals surface area contributed by atoms with Crippen LogP contribution in [-0.2, 0) is 0 Å². The number of aliphatic hydroxyl groups is 1. The lowest BCUT2D eigenvalue weighted by Crippen LogP contribution is -2.39. The summed E-state index contributed by atoms with van der Waals surface area (Å²) in [5, 5.41) is 10.3. The van der Waals surface area contributed by atoms with Crippen LogP contribution < -0.4 is 0 Å². The van der Waals surface area contributed by atoms with Gasteiger partial charge in [-0.1, -0.05) is 51.1 Å². The van der Waals surface area contributed by atoms with Crippen molar-refractivity contribution in [3.8, 4) is 0 Å². The summed E-state index contributed by atoms with van der Waals surface area (Å²) in [5.74, 6) is 0.817. The third-order valence-electron chi connectivity index (χ3n) is 4.43. The predicted octanol–water partition coefficient (Wildman–Crippen LogP) is 3.48. The van der Waals surface area contributed by atoms with Crippen molar-refractivity contribution < 1.29 is 5.11 Å². The monoisotopic (exact) mass is 261 g/mol. The summed E-state index contributed by atoms with van der Waals surface area (Å²) in [5.41, 5.74) is 1.45. The van der Waals surface area contributed by atoms with Crippen LogP contribution in [-0.4, -0.2) is 29.6 Å². The molecule has 0 bridgehead atoms. The molecule has 1 fully saturated rings. The van der Waals surface area contributed by atoms with Gasteiger partial charge in [0.1, 0.15) is 0 Å². The van der Waals surface area contributed by atoms with Gasteiger partial charge in [-0.25, -0.2) is 0 Å². The van der Waals surface area contributed by atoms with Gasteiger partial charge in [-0.15, -0.1) is 0 Å².